The average Bonchev–Trinajstić information content (AvgIpc) is 2.72. The van der Waals surface area contributed by atoms with E-state index >= 15 is 0 Å². The van der Waals surface area contributed by atoms with Gasteiger partial charge in [0.05, 0.1) is 21.7 Å². The minimum atomic E-state index is -0.673. The molecule has 0 bridgehead atoms. The Bertz CT molecular complexity index is 660. The molecule has 0 amide bonds. The highest BCUT2D eigenvalue weighted by atomic mass is 32.2. The molecule has 0 fully saturated rings. The maximum Gasteiger partial charge on any atom is 0.422 e. The molecule has 2 rings (SSSR count). The zero-order valence-corrected chi connectivity index (χ0v) is 11.9. The quantitative estimate of drug-likeness (QED) is 0.793. The van der Waals surface area contributed by atoms with E-state index in [2.05, 4.69) is 4.98 Å². The van der Waals surface area contributed by atoms with E-state index in [0.29, 0.717) is 16.7 Å². The Kier molecular flexibility index (Phi) is 3.72. The SMILES string of the molecule is CCOC(=O)n1c(C)nc2csc(SC)c2c1=O. The number of hydrogen-bond donors (Lipinski definition) is 0. The van der Waals surface area contributed by atoms with E-state index in [1.165, 1.54) is 23.1 Å². The van der Waals surface area contributed by atoms with Crippen LogP contribution in [0.25, 0.3) is 10.9 Å². The first-order chi connectivity index (χ1) is 8.60. The molecule has 0 atom stereocenters. The molecule has 7 heteroatoms. The van der Waals surface area contributed by atoms with E-state index < -0.39 is 6.09 Å². The monoisotopic (exact) mass is 284 g/mol. The van der Waals surface area contributed by atoms with Crippen molar-refractivity contribution in [2.45, 2.75) is 18.1 Å². The molecule has 0 saturated carbocycles. The molecule has 0 aliphatic carbocycles. The average molecular weight is 284 g/mol. The summed E-state index contributed by atoms with van der Waals surface area (Å²) in [5.41, 5.74) is 0.272. The van der Waals surface area contributed by atoms with Crippen molar-refractivity contribution in [3.8, 4) is 0 Å². The van der Waals surface area contributed by atoms with Crippen LogP contribution in [0.1, 0.15) is 12.7 Å². The Morgan fingerprint density at radius 3 is 2.94 bits per heavy atom. The number of carbonyl (C=O) groups excluding carboxylic acids is 1. The highest BCUT2D eigenvalue weighted by Gasteiger charge is 2.18. The fraction of sp³-hybridized carbons (Fsp3) is 0.364. The molecule has 18 heavy (non-hydrogen) atoms. The van der Waals surface area contributed by atoms with Crippen LogP contribution in [0, 0.1) is 6.92 Å². The first-order valence-corrected chi connectivity index (χ1v) is 7.42. The van der Waals surface area contributed by atoms with Crippen molar-refractivity contribution in [1.29, 1.82) is 0 Å². The molecule has 0 aromatic carbocycles. The molecular formula is C11H12N2O3S2. The zero-order chi connectivity index (χ0) is 13.3. The number of nitrogens with zero attached hydrogens (tertiary/aromatic N) is 2. The summed E-state index contributed by atoms with van der Waals surface area (Å²) in [6.07, 6.45) is 1.21. The second kappa shape index (κ2) is 5.11. The van der Waals surface area contributed by atoms with Gasteiger partial charge in [0.25, 0.3) is 5.56 Å². The highest BCUT2D eigenvalue weighted by Crippen LogP contribution is 2.29. The molecule has 2 aromatic heterocycles. The van der Waals surface area contributed by atoms with Crippen molar-refractivity contribution in [3.05, 3.63) is 21.6 Å². The third-order valence-corrected chi connectivity index (χ3v) is 4.52. The van der Waals surface area contributed by atoms with Crippen LogP contribution in [0.2, 0.25) is 0 Å². The number of hydrogen-bond acceptors (Lipinski definition) is 6. The Morgan fingerprint density at radius 2 is 2.33 bits per heavy atom. The number of rotatable bonds is 2. The summed E-state index contributed by atoms with van der Waals surface area (Å²) in [5.74, 6) is 0.344. The van der Waals surface area contributed by atoms with Gasteiger partial charge in [-0.25, -0.2) is 9.78 Å². The van der Waals surface area contributed by atoms with Gasteiger partial charge in [0.1, 0.15) is 5.82 Å². The molecule has 0 saturated heterocycles. The molecule has 0 unspecified atom stereocenters. The molecule has 0 aliphatic rings. The second-order valence-corrected chi connectivity index (χ2v) is 5.44. The molecule has 96 valence electrons. The van der Waals surface area contributed by atoms with E-state index in [1.807, 2.05) is 11.6 Å². The summed E-state index contributed by atoms with van der Waals surface area (Å²) in [6.45, 7) is 3.54. The maximum absolute atomic E-state index is 12.3. The van der Waals surface area contributed by atoms with Crippen molar-refractivity contribution in [1.82, 2.24) is 9.55 Å². The molecule has 0 N–H and O–H groups in total. The van der Waals surface area contributed by atoms with Gasteiger partial charge in [-0.1, -0.05) is 0 Å². The van der Waals surface area contributed by atoms with Crippen LogP contribution in [0.4, 0.5) is 4.79 Å². The Hall–Kier alpha value is -1.34. The first-order valence-electron chi connectivity index (χ1n) is 5.32. The van der Waals surface area contributed by atoms with Crippen molar-refractivity contribution < 1.29 is 9.53 Å². The zero-order valence-electron chi connectivity index (χ0n) is 10.2. The van der Waals surface area contributed by atoms with Gasteiger partial charge in [-0.3, -0.25) is 4.79 Å². The van der Waals surface area contributed by atoms with Gasteiger partial charge in [-0.15, -0.1) is 23.1 Å². The minimum absolute atomic E-state index is 0.224. The molecule has 0 radical (unpaired) electrons. The Labute approximate surface area is 112 Å². The van der Waals surface area contributed by atoms with Crippen LogP contribution in [0.15, 0.2) is 14.4 Å². The first kappa shape index (κ1) is 13.1. The molecule has 2 heterocycles. The lowest BCUT2D eigenvalue weighted by molar-refractivity contribution is 0.152. The number of ether oxygens (including phenoxy) is 1. The topological polar surface area (TPSA) is 61.2 Å². The number of thiophene rings is 1. The van der Waals surface area contributed by atoms with Crippen molar-refractivity contribution in [3.63, 3.8) is 0 Å². The van der Waals surface area contributed by atoms with Crippen molar-refractivity contribution in [2.75, 3.05) is 12.9 Å². The summed E-state index contributed by atoms with van der Waals surface area (Å²) in [6, 6.07) is 0. The molecular weight excluding hydrogens is 272 g/mol. The van der Waals surface area contributed by atoms with Gasteiger partial charge in [0, 0.05) is 5.38 Å². The minimum Gasteiger partial charge on any atom is -0.449 e. The standard InChI is InChI=1S/C11H12N2O3S2/c1-4-16-11(15)13-6(2)12-7-5-18-10(17-3)8(7)9(13)14/h5H,4H2,1-3H3. The summed E-state index contributed by atoms with van der Waals surface area (Å²) < 4.78 is 6.72. The summed E-state index contributed by atoms with van der Waals surface area (Å²) in [5, 5.41) is 2.32. The number of aromatic nitrogens is 2. The fourth-order valence-electron chi connectivity index (χ4n) is 1.65. The van der Waals surface area contributed by atoms with Crippen molar-refractivity contribution in [2.24, 2.45) is 0 Å². The normalized spacial score (nSPS) is 10.8. The van der Waals surface area contributed by atoms with Crippen LogP contribution >= 0.6 is 23.1 Å². The maximum atomic E-state index is 12.3. The van der Waals surface area contributed by atoms with Gasteiger partial charge in [0.2, 0.25) is 0 Å². The summed E-state index contributed by atoms with van der Waals surface area (Å²) in [4.78, 5) is 28.3. The molecule has 0 spiro atoms. The van der Waals surface area contributed by atoms with Gasteiger partial charge in [-0.05, 0) is 20.1 Å². The summed E-state index contributed by atoms with van der Waals surface area (Å²) in [7, 11) is 0. The van der Waals surface area contributed by atoms with E-state index in [-0.39, 0.29) is 12.2 Å². The van der Waals surface area contributed by atoms with Crippen molar-refractivity contribution >= 4 is 40.1 Å². The van der Waals surface area contributed by atoms with Gasteiger partial charge in [0.15, 0.2) is 0 Å². The number of thioether (sulfide) groups is 1. The predicted octanol–water partition coefficient (Wildman–Crippen LogP) is 2.49. The molecule has 2 aromatic rings. The fourth-order valence-corrected chi connectivity index (χ4v) is 3.27. The lowest BCUT2D eigenvalue weighted by Crippen LogP contribution is -2.30. The second-order valence-electron chi connectivity index (χ2n) is 3.49. The van der Waals surface area contributed by atoms with Crippen LogP contribution in [0.3, 0.4) is 0 Å². The van der Waals surface area contributed by atoms with Crippen LogP contribution in [-0.4, -0.2) is 28.5 Å². The van der Waals surface area contributed by atoms with E-state index in [0.717, 1.165) is 8.78 Å². The lowest BCUT2D eigenvalue weighted by Gasteiger charge is -2.07. The van der Waals surface area contributed by atoms with Crippen LogP contribution in [0.5, 0.6) is 0 Å². The van der Waals surface area contributed by atoms with E-state index in [4.69, 9.17) is 4.74 Å². The Morgan fingerprint density at radius 1 is 1.61 bits per heavy atom. The van der Waals surface area contributed by atoms with Gasteiger partial charge in [-0.2, -0.15) is 4.57 Å². The third-order valence-electron chi connectivity index (χ3n) is 2.40. The molecule has 0 aliphatic heterocycles. The number of aryl methyl sites for hydroxylation is 1. The largest absolute Gasteiger partial charge is 0.449 e. The number of carbonyl (C=O) groups is 1. The smallest absolute Gasteiger partial charge is 0.422 e. The van der Waals surface area contributed by atoms with E-state index in [1.54, 1.807) is 13.8 Å². The number of fused-ring (bicyclic) bond motifs is 1. The van der Waals surface area contributed by atoms with E-state index in [9.17, 15) is 9.59 Å². The van der Waals surface area contributed by atoms with Crippen LogP contribution in [-0.2, 0) is 4.74 Å². The molecule has 5 nitrogen and oxygen atoms in total. The predicted molar refractivity (Wildman–Crippen MR) is 72.8 cm³/mol. The highest BCUT2D eigenvalue weighted by molar-refractivity contribution is 8.00. The summed E-state index contributed by atoms with van der Waals surface area (Å²) >= 11 is 2.93. The van der Waals surface area contributed by atoms with Crippen LogP contribution < -0.4 is 5.56 Å². The third kappa shape index (κ3) is 2.04. The lowest BCUT2D eigenvalue weighted by atomic mass is 10.4. The Balaban J connectivity index is 2.74. The van der Waals surface area contributed by atoms with Gasteiger partial charge < -0.3 is 4.74 Å². The van der Waals surface area contributed by atoms with Gasteiger partial charge >= 0.3 is 6.09 Å².